The second-order valence-electron chi connectivity index (χ2n) is 8.51. The van der Waals surface area contributed by atoms with Gasteiger partial charge in [-0.25, -0.2) is 4.39 Å². The van der Waals surface area contributed by atoms with Gasteiger partial charge < -0.3 is 5.32 Å². The molecule has 1 aliphatic rings. The lowest BCUT2D eigenvalue weighted by molar-refractivity contribution is -0.122. The number of piperidine rings is 1. The van der Waals surface area contributed by atoms with Crippen LogP contribution in [0, 0.1) is 11.7 Å². The molecule has 2 atom stereocenters. The number of carbonyl (C=O) groups is 1. The molecule has 0 bridgehead atoms. The van der Waals surface area contributed by atoms with Crippen LogP contribution >= 0.6 is 0 Å². The minimum absolute atomic E-state index is 0.0377. The van der Waals surface area contributed by atoms with Crippen molar-refractivity contribution < 1.29 is 9.18 Å². The van der Waals surface area contributed by atoms with Crippen LogP contribution < -0.4 is 5.32 Å². The van der Waals surface area contributed by atoms with Gasteiger partial charge in [-0.3, -0.25) is 14.7 Å². The molecule has 0 spiro atoms. The van der Waals surface area contributed by atoms with Gasteiger partial charge in [0.2, 0.25) is 5.91 Å². The van der Waals surface area contributed by atoms with Gasteiger partial charge in [0, 0.05) is 31.3 Å². The first-order valence-corrected chi connectivity index (χ1v) is 11.4. The van der Waals surface area contributed by atoms with E-state index in [1.165, 1.54) is 6.07 Å². The Morgan fingerprint density at radius 1 is 1.06 bits per heavy atom. The third-order valence-corrected chi connectivity index (χ3v) is 6.17. The first-order valence-electron chi connectivity index (χ1n) is 11.4. The summed E-state index contributed by atoms with van der Waals surface area (Å²) in [7, 11) is 0. The van der Waals surface area contributed by atoms with Gasteiger partial charge in [-0.15, -0.1) is 0 Å². The number of aromatic nitrogens is 1. The maximum absolute atomic E-state index is 14.2. The standard InChI is InChI=1S/C27H30FN3O/c28-24-13-5-4-11-22(24)19-31-18-8-12-23(20-31)27(25-14-6-7-17-29-25)30-26(32)16-15-21-9-2-1-3-10-21/h1-7,9-11,13-14,17,23,27H,8,12,15-16,18-20H2,(H,30,32)/t23-,27-/m1/s1. The number of rotatable bonds is 8. The molecule has 0 aliphatic carbocycles. The first kappa shape index (κ1) is 22.2. The van der Waals surface area contributed by atoms with Gasteiger partial charge in [-0.2, -0.15) is 0 Å². The highest BCUT2D eigenvalue weighted by atomic mass is 19.1. The van der Waals surface area contributed by atoms with Gasteiger partial charge in [0.25, 0.3) is 0 Å². The zero-order chi connectivity index (χ0) is 22.2. The van der Waals surface area contributed by atoms with Crippen molar-refractivity contribution in [2.45, 2.75) is 38.3 Å². The summed E-state index contributed by atoms with van der Waals surface area (Å²) in [6.07, 6.45) is 4.96. The van der Waals surface area contributed by atoms with Crippen LogP contribution in [0.15, 0.2) is 79.0 Å². The van der Waals surface area contributed by atoms with Gasteiger partial charge in [0.1, 0.15) is 5.82 Å². The van der Waals surface area contributed by atoms with E-state index in [2.05, 4.69) is 15.2 Å². The van der Waals surface area contributed by atoms with Crippen LogP contribution in [0.2, 0.25) is 0 Å². The Balaban J connectivity index is 1.44. The lowest BCUT2D eigenvalue weighted by Gasteiger charge is -2.37. The molecule has 1 amide bonds. The maximum atomic E-state index is 14.2. The summed E-state index contributed by atoms with van der Waals surface area (Å²) < 4.78 is 14.2. The van der Waals surface area contributed by atoms with Crippen LogP contribution in [-0.4, -0.2) is 28.9 Å². The van der Waals surface area contributed by atoms with Crippen molar-refractivity contribution in [2.75, 3.05) is 13.1 Å². The molecule has 0 radical (unpaired) electrons. The third-order valence-electron chi connectivity index (χ3n) is 6.17. The molecule has 4 nitrogen and oxygen atoms in total. The average molecular weight is 432 g/mol. The van der Waals surface area contributed by atoms with Gasteiger partial charge in [-0.05, 0) is 55.5 Å². The summed E-state index contributed by atoms with van der Waals surface area (Å²) in [6.45, 7) is 2.32. The molecular weight excluding hydrogens is 401 g/mol. The molecule has 5 heteroatoms. The fraction of sp³-hybridized carbons (Fsp3) is 0.333. The molecule has 1 N–H and O–H groups in total. The van der Waals surface area contributed by atoms with E-state index in [0.29, 0.717) is 19.4 Å². The Bertz CT molecular complexity index is 996. The Kier molecular flexibility index (Phi) is 7.62. The summed E-state index contributed by atoms with van der Waals surface area (Å²) >= 11 is 0. The number of nitrogens with one attached hydrogen (secondary N) is 1. The number of carbonyl (C=O) groups excluding carboxylic acids is 1. The van der Waals surface area contributed by atoms with E-state index < -0.39 is 0 Å². The fourth-order valence-electron chi connectivity index (χ4n) is 4.52. The first-order chi connectivity index (χ1) is 15.7. The Hall–Kier alpha value is -3.05. The monoisotopic (exact) mass is 431 g/mol. The number of likely N-dealkylation sites (tertiary alicyclic amines) is 1. The summed E-state index contributed by atoms with van der Waals surface area (Å²) in [5, 5.41) is 3.27. The van der Waals surface area contributed by atoms with Gasteiger partial charge in [-0.1, -0.05) is 54.6 Å². The minimum atomic E-state index is -0.162. The van der Waals surface area contributed by atoms with Crippen LogP contribution in [0.25, 0.3) is 0 Å². The Morgan fingerprint density at radius 3 is 2.62 bits per heavy atom. The van der Waals surface area contributed by atoms with Crippen molar-refractivity contribution in [3.8, 4) is 0 Å². The van der Waals surface area contributed by atoms with Gasteiger partial charge in [0.15, 0.2) is 0 Å². The number of halogens is 1. The summed E-state index contributed by atoms with van der Waals surface area (Å²) in [5.41, 5.74) is 2.76. The molecule has 0 unspecified atom stereocenters. The number of benzene rings is 2. The molecule has 2 aromatic carbocycles. The predicted octanol–water partition coefficient (Wildman–Crippen LogP) is 4.92. The molecule has 1 aromatic heterocycles. The number of nitrogens with zero attached hydrogens (tertiary/aromatic N) is 2. The topological polar surface area (TPSA) is 45.2 Å². The van der Waals surface area contributed by atoms with E-state index in [-0.39, 0.29) is 23.7 Å². The van der Waals surface area contributed by atoms with Crippen LogP contribution in [0.4, 0.5) is 4.39 Å². The number of hydrogen-bond donors (Lipinski definition) is 1. The molecule has 32 heavy (non-hydrogen) atoms. The molecule has 1 saturated heterocycles. The summed E-state index contributed by atoms with van der Waals surface area (Å²) in [5.74, 6) is 0.104. The number of pyridine rings is 1. The highest BCUT2D eigenvalue weighted by molar-refractivity contribution is 5.76. The molecule has 4 rings (SSSR count). The SMILES string of the molecule is O=C(CCc1ccccc1)N[C@@H](c1ccccn1)[C@@H]1CCCN(Cc2ccccc2F)C1. The van der Waals surface area contributed by atoms with Crippen LogP contribution in [0.3, 0.4) is 0 Å². The lowest BCUT2D eigenvalue weighted by Crippen LogP contribution is -2.43. The van der Waals surface area contributed by atoms with Crippen molar-refractivity contribution >= 4 is 5.91 Å². The minimum Gasteiger partial charge on any atom is -0.347 e. The second-order valence-corrected chi connectivity index (χ2v) is 8.51. The van der Waals surface area contributed by atoms with Crippen molar-refractivity contribution in [1.29, 1.82) is 0 Å². The summed E-state index contributed by atoms with van der Waals surface area (Å²) in [4.78, 5) is 19.7. The molecular formula is C27H30FN3O. The molecule has 2 heterocycles. The Morgan fingerprint density at radius 2 is 1.84 bits per heavy atom. The van der Waals surface area contributed by atoms with Crippen molar-refractivity contribution in [1.82, 2.24) is 15.2 Å². The number of aryl methyl sites for hydroxylation is 1. The smallest absolute Gasteiger partial charge is 0.220 e. The van der Waals surface area contributed by atoms with Gasteiger partial charge >= 0.3 is 0 Å². The lowest BCUT2D eigenvalue weighted by atomic mass is 9.88. The van der Waals surface area contributed by atoms with Crippen molar-refractivity contribution in [3.05, 3.63) is 102 Å². The fourth-order valence-corrected chi connectivity index (χ4v) is 4.52. The highest BCUT2D eigenvalue weighted by Gasteiger charge is 2.30. The molecule has 166 valence electrons. The molecule has 0 saturated carbocycles. The number of amides is 1. The zero-order valence-corrected chi connectivity index (χ0v) is 18.3. The van der Waals surface area contributed by atoms with E-state index in [4.69, 9.17) is 0 Å². The van der Waals surface area contributed by atoms with E-state index in [0.717, 1.165) is 42.8 Å². The third kappa shape index (κ3) is 6.01. The van der Waals surface area contributed by atoms with E-state index in [1.807, 2.05) is 60.7 Å². The van der Waals surface area contributed by atoms with E-state index in [9.17, 15) is 9.18 Å². The van der Waals surface area contributed by atoms with Crippen LogP contribution in [0.1, 0.15) is 42.1 Å². The van der Waals surface area contributed by atoms with Crippen LogP contribution in [0.5, 0.6) is 0 Å². The quantitative estimate of drug-likeness (QED) is 0.550. The molecule has 3 aromatic rings. The highest BCUT2D eigenvalue weighted by Crippen LogP contribution is 2.30. The normalized spacial score (nSPS) is 17.6. The van der Waals surface area contributed by atoms with E-state index in [1.54, 1.807) is 12.3 Å². The van der Waals surface area contributed by atoms with Crippen molar-refractivity contribution in [2.24, 2.45) is 5.92 Å². The number of hydrogen-bond acceptors (Lipinski definition) is 3. The average Bonchev–Trinajstić information content (AvgIpc) is 2.84. The molecule has 1 aliphatic heterocycles. The summed E-state index contributed by atoms with van der Waals surface area (Å²) in [6, 6.07) is 22.7. The largest absolute Gasteiger partial charge is 0.347 e. The van der Waals surface area contributed by atoms with Gasteiger partial charge in [0.05, 0.1) is 11.7 Å². The zero-order valence-electron chi connectivity index (χ0n) is 18.3. The predicted molar refractivity (Wildman–Crippen MR) is 124 cm³/mol. The van der Waals surface area contributed by atoms with Crippen molar-refractivity contribution in [3.63, 3.8) is 0 Å². The van der Waals surface area contributed by atoms with E-state index >= 15 is 0 Å². The maximum Gasteiger partial charge on any atom is 0.220 e. The molecule has 1 fully saturated rings. The second kappa shape index (κ2) is 11.0. The van der Waals surface area contributed by atoms with Crippen LogP contribution in [-0.2, 0) is 17.8 Å². The Labute approximate surface area is 189 Å².